The van der Waals surface area contributed by atoms with Crippen molar-refractivity contribution in [3.8, 4) is 11.5 Å². The number of carbonyl (C=O) groups excluding carboxylic acids is 4. The zero-order chi connectivity index (χ0) is 39.0. The van der Waals surface area contributed by atoms with Gasteiger partial charge in [0.1, 0.15) is 18.1 Å². The van der Waals surface area contributed by atoms with E-state index in [4.69, 9.17) is 18.9 Å². The number of ketones is 2. The first kappa shape index (κ1) is 43.8. The first-order valence-electron chi connectivity index (χ1n) is 18.0. The molecule has 3 aromatic rings. The normalized spacial score (nSPS) is 11.6. The molecule has 10 heteroatoms. The van der Waals surface area contributed by atoms with Crippen molar-refractivity contribution in [3.05, 3.63) is 118 Å². The van der Waals surface area contributed by atoms with Crippen LogP contribution in [0.4, 0.5) is 0 Å². The highest BCUT2D eigenvalue weighted by Gasteiger charge is 2.18. The summed E-state index contributed by atoms with van der Waals surface area (Å²) in [5.74, 6) is -2.38. The summed E-state index contributed by atoms with van der Waals surface area (Å²) in [6, 6.07) is 24.3. The number of benzene rings is 3. The molecule has 0 unspecified atom stereocenters. The smallest absolute Gasteiger partial charge is 0.341 e. The Morgan fingerprint density at radius 1 is 0.547 bits per heavy atom. The lowest BCUT2D eigenvalue weighted by molar-refractivity contribution is -0.309. The second-order valence-electron chi connectivity index (χ2n) is 12.5. The summed E-state index contributed by atoms with van der Waals surface area (Å²) < 4.78 is 21.3. The number of carbonyl (C=O) groups is 4. The Morgan fingerprint density at radius 3 is 1.43 bits per heavy atom. The minimum absolute atomic E-state index is 0.0142. The summed E-state index contributed by atoms with van der Waals surface area (Å²) in [4.78, 5) is 47.6. The number of Topliss-reactive ketones (excluding diaryl/α,β-unsaturated/α-hetero) is 2. The second-order valence-corrected chi connectivity index (χ2v) is 12.5. The molecule has 0 heterocycles. The Morgan fingerprint density at radius 2 is 1.00 bits per heavy atom. The Labute approximate surface area is 313 Å². The maximum Gasteiger partial charge on any atom is 0.341 e. The van der Waals surface area contributed by atoms with Gasteiger partial charge in [-0.3, -0.25) is 9.59 Å². The molecule has 286 valence electrons. The fourth-order valence-corrected chi connectivity index (χ4v) is 4.83. The Kier molecular flexibility index (Phi) is 20.4. The van der Waals surface area contributed by atoms with Gasteiger partial charge in [0.2, 0.25) is 0 Å². The number of rotatable bonds is 21. The lowest BCUT2D eigenvalue weighted by Gasteiger charge is -2.17. The molecular weight excluding hydrogens is 676 g/mol. The van der Waals surface area contributed by atoms with E-state index in [0.29, 0.717) is 31.8 Å². The highest BCUT2D eigenvalue weighted by Crippen LogP contribution is 2.16. The Bertz CT molecular complexity index is 1640. The average molecular weight is 729 g/mol. The third kappa shape index (κ3) is 17.6. The number of allylic oxidation sites excluding steroid dienone is 2. The largest absolute Gasteiger partial charge is 0.875 e. The molecule has 10 nitrogen and oxygen atoms in total. The van der Waals surface area contributed by atoms with E-state index in [1.165, 1.54) is 13.8 Å². The Hall–Kier alpha value is -5.38. The molecule has 0 saturated heterocycles. The minimum Gasteiger partial charge on any atom is -0.875 e. The van der Waals surface area contributed by atoms with E-state index in [1.807, 2.05) is 80.6 Å². The SMILES string of the molecule is CC(=O)/C(C(=O)OCc1ccccc1)=C(\[O-])CCCOc1ccc(C)cc1.CCCCCCOC(=O)/C(C(C)=O)=C(/[O-])CCCOc1ccc(C)cc1. The predicted octanol–water partition coefficient (Wildman–Crippen LogP) is 6.58. The molecule has 0 atom stereocenters. The van der Waals surface area contributed by atoms with Gasteiger partial charge in [0.15, 0.2) is 11.6 Å². The third-order valence-corrected chi connectivity index (χ3v) is 7.79. The quantitative estimate of drug-likeness (QED) is 0.0294. The van der Waals surface area contributed by atoms with Crippen molar-refractivity contribution in [2.24, 2.45) is 0 Å². The number of hydrogen-bond acceptors (Lipinski definition) is 10. The summed E-state index contributed by atoms with van der Waals surface area (Å²) in [7, 11) is 0. The molecule has 3 rings (SSSR count). The molecule has 0 bridgehead atoms. The molecule has 0 amide bonds. The van der Waals surface area contributed by atoms with E-state index in [0.717, 1.165) is 48.1 Å². The third-order valence-electron chi connectivity index (χ3n) is 7.79. The van der Waals surface area contributed by atoms with Gasteiger partial charge in [0, 0.05) is 0 Å². The van der Waals surface area contributed by atoms with E-state index >= 15 is 0 Å². The standard InChI is InChI=1S/C22H24O5.C21H30O5/c1-16-10-12-19(13-11-16)26-14-6-9-20(24)21(17(2)23)22(25)27-15-18-7-4-3-5-8-18;1-4-5-6-7-14-26-21(24)20(17(3)22)19(23)9-8-15-25-18-12-10-16(2)11-13-18/h3-5,7-8,10-13,24H,6,9,14-15H2,1-2H3;10-13,23H,4-9,14-15H2,1-3H3/p-2/b21-20+;20-19+. The predicted molar refractivity (Wildman–Crippen MR) is 199 cm³/mol. The van der Waals surface area contributed by atoms with E-state index in [2.05, 4.69) is 6.92 Å². The van der Waals surface area contributed by atoms with Gasteiger partial charge in [-0.1, -0.05) is 91.9 Å². The van der Waals surface area contributed by atoms with Crippen molar-refractivity contribution < 1.29 is 48.3 Å². The number of ether oxygens (including phenoxy) is 4. The molecular formula is C43H52O10-2. The molecule has 0 saturated carbocycles. The highest BCUT2D eigenvalue weighted by atomic mass is 16.5. The molecule has 3 aromatic carbocycles. The summed E-state index contributed by atoms with van der Waals surface area (Å²) >= 11 is 0. The van der Waals surface area contributed by atoms with Crippen LogP contribution in [0.5, 0.6) is 11.5 Å². The summed E-state index contributed by atoms with van der Waals surface area (Å²) in [5.41, 5.74) is 2.28. The first-order valence-corrected chi connectivity index (χ1v) is 18.0. The van der Waals surface area contributed by atoms with Gasteiger partial charge in [-0.2, -0.15) is 0 Å². The summed E-state index contributed by atoms with van der Waals surface area (Å²) in [6.07, 6.45) is 4.80. The van der Waals surface area contributed by atoms with Crippen LogP contribution in [0.25, 0.3) is 0 Å². The number of esters is 2. The van der Waals surface area contributed by atoms with Crippen LogP contribution in [0.1, 0.15) is 88.8 Å². The van der Waals surface area contributed by atoms with Crippen molar-refractivity contribution in [3.63, 3.8) is 0 Å². The van der Waals surface area contributed by atoms with Crippen molar-refractivity contribution in [1.82, 2.24) is 0 Å². The monoisotopic (exact) mass is 728 g/mol. The van der Waals surface area contributed by atoms with Gasteiger partial charge in [-0.05, 0) is 89.6 Å². The van der Waals surface area contributed by atoms with Gasteiger partial charge in [-0.15, -0.1) is 11.5 Å². The van der Waals surface area contributed by atoms with Crippen molar-refractivity contribution in [1.29, 1.82) is 0 Å². The zero-order valence-electron chi connectivity index (χ0n) is 31.6. The zero-order valence-corrected chi connectivity index (χ0v) is 31.6. The van der Waals surface area contributed by atoms with Crippen LogP contribution in [0.3, 0.4) is 0 Å². The van der Waals surface area contributed by atoms with Gasteiger partial charge >= 0.3 is 11.9 Å². The average Bonchev–Trinajstić information content (AvgIpc) is 3.13. The first-order chi connectivity index (χ1) is 25.4. The topological polar surface area (TPSA) is 151 Å². The fourth-order valence-electron chi connectivity index (χ4n) is 4.83. The van der Waals surface area contributed by atoms with Crippen LogP contribution in [0.2, 0.25) is 0 Å². The number of aryl methyl sites for hydroxylation is 2. The van der Waals surface area contributed by atoms with Crippen molar-refractivity contribution in [2.45, 2.75) is 92.6 Å². The molecule has 0 aromatic heterocycles. The Balaban J connectivity index is 0.000000367. The number of unbranched alkanes of at least 4 members (excludes halogenated alkanes) is 3. The van der Waals surface area contributed by atoms with Crippen LogP contribution in [0, 0.1) is 13.8 Å². The maximum atomic E-state index is 12.3. The second kappa shape index (κ2) is 24.7. The molecule has 0 fully saturated rings. The van der Waals surface area contributed by atoms with E-state index in [-0.39, 0.29) is 31.6 Å². The van der Waals surface area contributed by atoms with Crippen LogP contribution < -0.4 is 19.7 Å². The highest BCUT2D eigenvalue weighted by molar-refractivity contribution is 6.17. The van der Waals surface area contributed by atoms with E-state index < -0.39 is 40.6 Å². The molecule has 0 N–H and O–H groups in total. The minimum atomic E-state index is -0.879. The lowest BCUT2D eigenvalue weighted by atomic mass is 10.1. The summed E-state index contributed by atoms with van der Waals surface area (Å²) in [5, 5.41) is 24.5. The summed E-state index contributed by atoms with van der Waals surface area (Å²) in [6.45, 7) is 9.39. The van der Waals surface area contributed by atoms with Crippen LogP contribution in [-0.2, 0) is 35.3 Å². The fraction of sp³-hybridized carbons (Fsp3) is 0.395. The maximum absolute atomic E-state index is 12.3. The molecule has 0 radical (unpaired) electrons. The van der Waals surface area contributed by atoms with Crippen molar-refractivity contribution >= 4 is 23.5 Å². The van der Waals surface area contributed by atoms with Crippen LogP contribution in [-0.4, -0.2) is 43.3 Å². The van der Waals surface area contributed by atoms with E-state index in [9.17, 15) is 29.4 Å². The van der Waals surface area contributed by atoms with E-state index in [1.54, 1.807) is 12.1 Å². The van der Waals surface area contributed by atoms with Gasteiger partial charge < -0.3 is 29.2 Å². The van der Waals surface area contributed by atoms with Gasteiger partial charge in [0.25, 0.3) is 0 Å². The molecule has 0 spiro atoms. The molecule has 53 heavy (non-hydrogen) atoms. The lowest BCUT2D eigenvalue weighted by Crippen LogP contribution is -2.22. The van der Waals surface area contributed by atoms with Crippen LogP contribution in [0.15, 0.2) is 102 Å². The molecule has 0 aliphatic heterocycles. The molecule has 0 aliphatic rings. The van der Waals surface area contributed by atoms with Gasteiger partial charge in [0.05, 0.1) is 31.0 Å². The van der Waals surface area contributed by atoms with Crippen molar-refractivity contribution in [2.75, 3.05) is 19.8 Å². The van der Waals surface area contributed by atoms with Crippen LogP contribution >= 0.6 is 0 Å². The number of hydrogen-bond donors (Lipinski definition) is 0. The molecule has 0 aliphatic carbocycles. The van der Waals surface area contributed by atoms with Gasteiger partial charge in [-0.25, -0.2) is 9.59 Å².